The zero-order chi connectivity index (χ0) is 12.4. The largest absolute Gasteiger partial charge is 0.377 e. The number of hydrogen-bond donors (Lipinski definition) is 1. The van der Waals surface area contributed by atoms with Crippen molar-refractivity contribution < 1.29 is 4.74 Å². The van der Waals surface area contributed by atoms with Crippen LogP contribution in [0.2, 0.25) is 0 Å². The molecule has 0 aromatic heterocycles. The lowest BCUT2D eigenvalue weighted by Gasteiger charge is -2.18. The summed E-state index contributed by atoms with van der Waals surface area (Å²) in [6.45, 7) is 12.9. The van der Waals surface area contributed by atoms with Crippen LogP contribution in [0.5, 0.6) is 0 Å². The summed E-state index contributed by atoms with van der Waals surface area (Å²) < 4.78 is 5.72. The van der Waals surface area contributed by atoms with Crippen LogP contribution in [0.4, 0.5) is 0 Å². The molecule has 0 rings (SSSR count). The van der Waals surface area contributed by atoms with E-state index in [9.17, 15) is 0 Å². The third-order valence-corrected chi connectivity index (χ3v) is 3.16. The Morgan fingerprint density at radius 3 is 2.31 bits per heavy atom. The molecule has 0 aliphatic rings. The van der Waals surface area contributed by atoms with Crippen LogP contribution in [0.15, 0.2) is 0 Å². The topological polar surface area (TPSA) is 21.3 Å². The quantitative estimate of drug-likeness (QED) is 0.578. The van der Waals surface area contributed by atoms with Gasteiger partial charge in [-0.05, 0) is 26.2 Å². The molecule has 0 aliphatic carbocycles. The minimum absolute atomic E-state index is 0.372. The first-order chi connectivity index (χ1) is 7.57. The van der Waals surface area contributed by atoms with Gasteiger partial charge in [-0.1, -0.05) is 40.0 Å². The Balaban J connectivity index is 3.30. The van der Waals surface area contributed by atoms with Crippen LogP contribution in [0.1, 0.15) is 60.3 Å². The molecule has 2 unspecified atom stereocenters. The first-order valence-electron chi connectivity index (χ1n) is 6.92. The Hall–Kier alpha value is -0.0800. The lowest BCUT2D eigenvalue weighted by atomic mass is 10.1. The number of hydrogen-bond acceptors (Lipinski definition) is 2. The second-order valence-corrected chi connectivity index (χ2v) is 5.17. The highest BCUT2D eigenvalue weighted by atomic mass is 16.5. The normalized spacial score (nSPS) is 15.4. The van der Waals surface area contributed by atoms with E-state index in [1.54, 1.807) is 0 Å². The lowest BCUT2D eigenvalue weighted by Crippen LogP contribution is -2.31. The Morgan fingerprint density at radius 1 is 1.06 bits per heavy atom. The van der Waals surface area contributed by atoms with Crippen LogP contribution in [0.25, 0.3) is 0 Å². The van der Waals surface area contributed by atoms with E-state index in [0.29, 0.717) is 18.1 Å². The summed E-state index contributed by atoms with van der Waals surface area (Å²) >= 11 is 0. The van der Waals surface area contributed by atoms with Gasteiger partial charge >= 0.3 is 0 Å². The predicted octanol–water partition coefficient (Wildman–Crippen LogP) is 3.61. The molecule has 0 saturated carbocycles. The molecule has 0 heterocycles. The molecule has 0 fully saturated rings. The maximum absolute atomic E-state index is 5.72. The van der Waals surface area contributed by atoms with Gasteiger partial charge in [0.2, 0.25) is 0 Å². The average Bonchev–Trinajstić information content (AvgIpc) is 2.24. The highest BCUT2D eigenvalue weighted by Gasteiger charge is 2.06. The van der Waals surface area contributed by atoms with Crippen LogP contribution < -0.4 is 5.32 Å². The molecule has 0 aromatic carbocycles. The summed E-state index contributed by atoms with van der Waals surface area (Å²) in [5, 5.41) is 3.51. The summed E-state index contributed by atoms with van der Waals surface area (Å²) in [4.78, 5) is 0. The van der Waals surface area contributed by atoms with Crippen LogP contribution in [-0.2, 0) is 4.74 Å². The Morgan fingerprint density at radius 2 is 1.75 bits per heavy atom. The maximum Gasteiger partial charge on any atom is 0.0594 e. The summed E-state index contributed by atoms with van der Waals surface area (Å²) in [7, 11) is 0. The van der Waals surface area contributed by atoms with E-state index in [-0.39, 0.29) is 0 Å². The molecule has 0 spiro atoms. The summed E-state index contributed by atoms with van der Waals surface area (Å²) in [5.41, 5.74) is 0. The number of ether oxygens (including phenoxy) is 1. The molecule has 0 aliphatic heterocycles. The maximum atomic E-state index is 5.72. The average molecular weight is 229 g/mol. The van der Waals surface area contributed by atoms with Gasteiger partial charge in [-0.25, -0.2) is 0 Å². The van der Waals surface area contributed by atoms with Crippen molar-refractivity contribution in [3.8, 4) is 0 Å². The summed E-state index contributed by atoms with van der Waals surface area (Å²) in [5.74, 6) is 0.613. The van der Waals surface area contributed by atoms with Crippen molar-refractivity contribution in [3.05, 3.63) is 0 Å². The molecule has 98 valence electrons. The van der Waals surface area contributed by atoms with Crippen molar-refractivity contribution in [3.63, 3.8) is 0 Å². The van der Waals surface area contributed by atoms with Gasteiger partial charge < -0.3 is 10.1 Å². The zero-order valence-corrected chi connectivity index (χ0v) is 11.9. The second-order valence-electron chi connectivity index (χ2n) is 5.17. The minimum atomic E-state index is 0.372. The van der Waals surface area contributed by atoms with Crippen LogP contribution in [0, 0.1) is 5.92 Å². The molecule has 2 heteroatoms. The Kier molecular flexibility index (Phi) is 10.0. The molecule has 1 N–H and O–H groups in total. The first kappa shape index (κ1) is 15.9. The standard InChI is InChI=1S/C14H31NO/c1-6-7-8-9-13(4)15-10-11-16-14(5)12(2)3/h12-15H,6-11H2,1-5H3. The van der Waals surface area contributed by atoms with Gasteiger partial charge in [-0.3, -0.25) is 0 Å². The van der Waals surface area contributed by atoms with Crippen molar-refractivity contribution in [1.82, 2.24) is 5.32 Å². The summed E-state index contributed by atoms with van der Waals surface area (Å²) in [6.07, 6.45) is 5.66. The first-order valence-corrected chi connectivity index (χ1v) is 6.92. The van der Waals surface area contributed by atoms with Gasteiger partial charge in [0.25, 0.3) is 0 Å². The molecular formula is C14H31NO. The van der Waals surface area contributed by atoms with Gasteiger partial charge in [-0.15, -0.1) is 0 Å². The van der Waals surface area contributed by atoms with Crippen molar-refractivity contribution >= 4 is 0 Å². The van der Waals surface area contributed by atoms with E-state index < -0.39 is 0 Å². The Labute approximate surface area is 102 Å². The zero-order valence-electron chi connectivity index (χ0n) is 11.9. The van der Waals surface area contributed by atoms with Crippen molar-refractivity contribution in [1.29, 1.82) is 0 Å². The van der Waals surface area contributed by atoms with E-state index in [2.05, 4.69) is 39.9 Å². The monoisotopic (exact) mass is 229 g/mol. The highest BCUT2D eigenvalue weighted by Crippen LogP contribution is 2.05. The van der Waals surface area contributed by atoms with E-state index in [1.165, 1.54) is 25.7 Å². The molecular weight excluding hydrogens is 198 g/mol. The second kappa shape index (κ2) is 10.1. The summed E-state index contributed by atoms with van der Waals surface area (Å²) in [6, 6.07) is 0.629. The number of nitrogens with one attached hydrogen (secondary N) is 1. The fraction of sp³-hybridized carbons (Fsp3) is 1.00. The van der Waals surface area contributed by atoms with Gasteiger partial charge in [0.15, 0.2) is 0 Å². The molecule has 0 saturated heterocycles. The third-order valence-electron chi connectivity index (χ3n) is 3.16. The molecule has 2 atom stereocenters. The molecule has 16 heavy (non-hydrogen) atoms. The highest BCUT2D eigenvalue weighted by molar-refractivity contribution is 4.61. The van der Waals surface area contributed by atoms with E-state index in [0.717, 1.165) is 13.2 Å². The molecule has 0 aromatic rings. The fourth-order valence-electron chi connectivity index (χ4n) is 1.55. The van der Waals surface area contributed by atoms with Gasteiger partial charge in [0.05, 0.1) is 12.7 Å². The van der Waals surface area contributed by atoms with Gasteiger partial charge in [-0.2, -0.15) is 0 Å². The van der Waals surface area contributed by atoms with Crippen LogP contribution >= 0.6 is 0 Å². The smallest absolute Gasteiger partial charge is 0.0594 e. The van der Waals surface area contributed by atoms with E-state index >= 15 is 0 Å². The van der Waals surface area contributed by atoms with E-state index in [1.807, 2.05) is 0 Å². The predicted molar refractivity (Wildman–Crippen MR) is 71.9 cm³/mol. The van der Waals surface area contributed by atoms with Crippen molar-refractivity contribution in [2.45, 2.75) is 72.4 Å². The van der Waals surface area contributed by atoms with Crippen molar-refractivity contribution in [2.24, 2.45) is 5.92 Å². The molecule has 0 radical (unpaired) electrons. The van der Waals surface area contributed by atoms with Crippen LogP contribution in [-0.4, -0.2) is 25.3 Å². The Bertz CT molecular complexity index is 148. The van der Waals surface area contributed by atoms with Crippen LogP contribution in [0.3, 0.4) is 0 Å². The molecule has 0 bridgehead atoms. The van der Waals surface area contributed by atoms with E-state index in [4.69, 9.17) is 4.74 Å². The minimum Gasteiger partial charge on any atom is -0.377 e. The molecule has 0 amide bonds. The third kappa shape index (κ3) is 9.17. The number of rotatable bonds is 10. The van der Waals surface area contributed by atoms with Gasteiger partial charge in [0.1, 0.15) is 0 Å². The van der Waals surface area contributed by atoms with Crippen molar-refractivity contribution in [2.75, 3.05) is 13.2 Å². The van der Waals surface area contributed by atoms with Gasteiger partial charge in [0, 0.05) is 12.6 Å². The number of unbranched alkanes of at least 4 members (excludes halogenated alkanes) is 2. The molecule has 2 nitrogen and oxygen atoms in total. The fourth-order valence-corrected chi connectivity index (χ4v) is 1.55. The lowest BCUT2D eigenvalue weighted by molar-refractivity contribution is 0.0364. The SMILES string of the molecule is CCCCCC(C)NCCOC(C)C(C)C.